The number of nitrogen functional groups attached to an aromatic ring is 1. The molecule has 38 heavy (non-hydrogen) atoms. The molecule has 1 aliphatic rings. The molecule has 0 aliphatic carbocycles. The molecule has 0 atom stereocenters. The molecule has 0 saturated carbocycles. The molecule has 1 aliphatic heterocycles. The third-order valence-electron chi connectivity index (χ3n) is 6.47. The number of halogens is 3. The Hall–Kier alpha value is -4.09. The van der Waals surface area contributed by atoms with Crippen LogP contribution in [-0.4, -0.2) is 53.6 Å². The van der Waals surface area contributed by atoms with Gasteiger partial charge in [0.2, 0.25) is 11.8 Å². The Labute approximate surface area is 216 Å². The highest BCUT2D eigenvalue weighted by Gasteiger charge is 2.30. The number of aromatic nitrogens is 1. The summed E-state index contributed by atoms with van der Waals surface area (Å²) in [5.41, 5.74) is 9.34. The number of oxazole rings is 1. The lowest BCUT2D eigenvalue weighted by Gasteiger charge is -2.35. The second-order valence-corrected chi connectivity index (χ2v) is 9.14. The van der Waals surface area contributed by atoms with Crippen molar-refractivity contribution in [1.29, 1.82) is 0 Å². The third kappa shape index (κ3) is 5.58. The first-order chi connectivity index (χ1) is 18.2. The summed E-state index contributed by atoms with van der Waals surface area (Å²) in [5.74, 6) is 0.217. The van der Waals surface area contributed by atoms with E-state index in [4.69, 9.17) is 10.2 Å². The fraction of sp³-hybridized carbons (Fsp3) is 0.259. The number of benzene rings is 3. The van der Waals surface area contributed by atoms with Crippen molar-refractivity contribution in [2.45, 2.75) is 12.8 Å². The maximum atomic E-state index is 12.8. The van der Waals surface area contributed by atoms with Crippen LogP contribution in [0.4, 0.5) is 30.2 Å². The van der Waals surface area contributed by atoms with E-state index in [0.717, 1.165) is 17.8 Å². The SMILES string of the molecule is Nc1cc(CO)c2oc(-c3ccc(NC(=O)CN4CCN(c5ccc(C(F)(F)F)cc5)CC4)cc3)nc2c1. The number of piperazine rings is 1. The highest BCUT2D eigenvalue weighted by Crippen LogP contribution is 2.31. The van der Waals surface area contributed by atoms with Gasteiger partial charge in [-0.25, -0.2) is 4.98 Å². The number of nitrogens with zero attached hydrogens (tertiary/aromatic N) is 3. The maximum absolute atomic E-state index is 12.8. The van der Waals surface area contributed by atoms with Crippen LogP contribution in [0.1, 0.15) is 11.1 Å². The Kier molecular flexibility index (Phi) is 6.96. The van der Waals surface area contributed by atoms with Crippen LogP contribution in [0.15, 0.2) is 65.1 Å². The van der Waals surface area contributed by atoms with Gasteiger partial charge in [-0.3, -0.25) is 9.69 Å². The van der Waals surface area contributed by atoms with Gasteiger partial charge in [-0.15, -0.1) is 0 Å². The number of hydrogen-bond acceptors (Lipinski definition) is 7. The smallest absolute Gasteiger partial charge is 0.416 e. The lowest BCUT2D eigenvalue weighted by atomic mass is 10.1. The van der Waals surface area contributed by atoms with E-state index >= 15 is 0 Å². The minimum atomic E-state index is -4.35. The van der Waals surface area contributed by atoms with E-state index in [2.05, 4.69) is 10.3 Å². The van der Waals surface area contributed by atoms with Crippen LogP contribution in [-0.2, 0) is 17.6 Å². The predicted molar refractivity (Wildman–Crippen MR) is 139 cm³/mol. The number of alkyl halides is 3. The van der Waals surface area contributed by atoms with E-state index in [9.17, 15) is 23.1 Å². The quantitative estimate of drug-likeness (QED) is 0.321. The van der Waals surface area contributed by atoms with Crippen molar-refractivity contribution < 1.29 is 27.5 Å². The molecule has 1 fully saturated rings. The summed E-state index contributed by atoms with van der Waals surface area (Å²) in [6.45, 7) is 2.45. The number of rotatable bonds is 6. The lowest BCUT2D eigenvalue weighted by Crippen LogP contribution is -2.48. The van der Waals surface area contributed by atoms with Crippen molar-refractivity contribution in [1.82, 2.24) is 9.88 Å². The molecule has 0 unspecified atom stereocenters. The average molecular weight is 526 g/mol. The van der Waals surface area contributed by atoms with Crippen LogP contribution in [0.2, 0.25) is 0 Å². The molecular weight excluding hydrogens is 499 g/mol. The van der Waals surface area contributed by atoms with Crippen molar-refractivity contribution in [2.24, 2.45) is 0 Å². The zero-order valence-electron chi connectivity index (χ0n) is 20.3. The van der Waals surface area contributed by atoms with Gasteiger partial charge in [0.1, 0.15) is 5.52 Å². The van der Waals surface area contributed by atoms with Crippen molar-refractivity contribution in [2.75, 3.05) is 48.7 Å². The van der Waals surface area contributed by atoms with Crippen LogP contribution in [0, 0.1) is 0 Å². The molecule has 3 aromatic carbocycles. The van der Waals surface area contributed by atoms with Gasteiger partial charge in [0.25, 0.3) is 0 Å². The van der Waals surface area contributed by atoms with Gasteiger partial charge in [0.05, 0.1) is 18.7 Å². The zero-order valence-corrected chi connectivity index (χ0v) is 20.3. The number of aliphatic hydroxyl groups is 1. The zero-order chi connectivity index (χ0) is 26.9. The molecule has 4 aromatic rings. The highest BCUT2D eigenvalue weighted by atomic mass is 19.4. The van der Waals surface area contributed by atoms with Crippen molar-refractivity contribution in [3.05, 3.63) is 71.8 Å². The normalized spacial score (nSPS) is 14.7. The Morgan fingerprint density at radius 3 is 2.34 bits per heavy atom. The summed E-state index contributed by atoms with van der Waals surface area (Å²) in [6, 6.07) is 15.5. The van der Waals surface area contributed by atoms with Gasteiger partial charge in [-0.2, -0.15) is 13.2 Å². The van der Waals surface area contributed by atoms with Gasteiger partial charge in [-0.1, -0.05) is 0 Å². The number of aliphatic hydroxyl groups excluding tert-OH is 1. The van der Waals surface area contributed by atoms with Crippen molar-refractivity contribution >= 4 is 34.1 Å². The first-order valence-electron chi connectivity index (χ1n) is 12.0. The van der Waals surface area contributed by atoms with Gasteiger partial charge >= 0.3 is 6.18 Å². The largest absolute Gasteiger partial charge is 0.436 e. The summed E-state index contributed by atoms with van der Waals surface area (Å²) in [5, 5.41) is 12.4. The molecule has 0 spiro atoms. The molecule has 4 N–H and O–H groups in total. The third-order valence-corrected chi connectivity index (χ3v) is 6.47. The standard InChI is InChI=1S/C27H26F3N5O3/c28-27(29,30)19-3-7-22(8-4-19)35-11-9-34(10-12-35)15-24(37)32-21-5-1-17(2-6-21)26-33-23-14-20(31)13-18(16-36)25(23)38-26/h1-8,13-14,36H,9-12,15-16,31H2,(H,32,37). The predicted octanol–water partition coefficient (Wildman–Crippen LogP) is 4.35. The number of fused-ring (bicyclic) bond motifs is 1. The average Bonchev–Trinajstić information content (AvgIpc) is 3.32. The number of nitrogens with one attached hydrogen (secondary N) is 1. The molecule has 198 valence electrons. The maximum Gasteiger partial charge on any atom is 0.416 e. The summed E-state index contributed by atoms with van der Waals surface area (Å²) >= 11 is 0. The number of anilines is 3. The van der Waals surface area contributed by atoms with Gasteiger partial charge < -0.3 is 25.5 Å². The van der Waals surface area contributed by atoms with Crippen LogP contribution in [0.3, 0.4) is 0 Å². The number of hydrogen-bond donors (Lipinski definition) is 3. The molecule has 0 bridgehead atoms. The topological polar surface area (TPSA) is 108 Å². The highest BCUT2D eigenvalue weighted by molar-refractivity contribution is 5.92. The van der Waals surface area contributed by atoms with E-state index in [1.165, 1.54) is 12.1 Å². The number of nitrogens with two attached hydrogens (primary N) is 1. The van der Waals surface area contributed by atoms with Crippen LogP contribution in [0.25, 0.3) is 22.6 Å². The minimum absolute atomic E-state index is 0.161. The molecule has 1 aromatic heterocycles. The first-order valence-corrected chi connectivity index (χ1v) is 12.0. The summed E-state index contributed by atoms with van der Waals surface area (Å²) in [7, 11) is 0. The lowest BCUT2D eigenvalue weighted by molar-refractivity contribution is -0.137. The van der Waals surface area contributed by atoms with E-state index in [1.54, 1.807) is 36.4 Å². The Morgan fingerprint density at radius 2 is 1.71 bits per heavy atom. The number of carbonyl (C=O) groups is 1. The molecule has 1 amide bonds. The van der Waals surface area contributed by atoms with Gasteiger partial charge in [0.15, 0.2) is 5.58 Å². The van der Waals surface area contributed by atoms with E-state index in [1.807, 2.05) is 9.80 Å². The Bertz CT molecular complexity index is 1430. The van der Waals surface area contributed by atoms with Gasteiger partial charge in [-0.05, 0) is 60.7 Å². The summed E-state index contributed by atoms with van der Waals surface area (Å²) in [6.07, 6.45) is -4.35. The number of carbonyl (C=O) groups excluding carboxylic acids is 1. The second-order valence-electron chi connectivity index (χ2n) is 9.14. The van der Waals surface area contributed by atoms with Gasteiger partial charge in [0, 0.05) is 54.4 Å². The summed E-state index contributed by atoms with van der Waals surface area (Å²) in [4.78, 5) is 21.1. The Balaban J connectivity index is 1.14. The van der Waals surface area contributed by atoms with Crippen molar-refractivity contribution in [3.8, 4) is 11.5 Å². The first kappa shape index (κ1) is 25.6. The molecule has 1 saturated heterocycles. The molecule has 0 radical (unpaired) electrons. The van der Waals surface area contributed by atoms with Crippen LogP contribution < -0.4 is 16.0 Å². The second kappa shape index (κ2) is 10.3. The fourth-order valence-electron chi connectivity index (χ4n) is 4.49. The minimum Gasteiger partial charge on any atom is -0.436 e. The monoisotopic (exact) mass is 525 g/mol. The van der Waals surface area contributed by atoms with Crippen LogP contribution >= 0.6 is 0 Å². The molecule has 11 heteroatoms. The van der Waals surface area contributed by atoms with E-state index < -0.39 is 11.7 Å². The Morgan fingerprint density at radius 1 is 1.03 bits per heavy atom. The molecule has 5 rings (SSSR count). The molecule has 8 nitrogen and oxygen atoms in total. The number of amides is 1. The summed E-state index contributed by atoms with van der Waals surface area (Å²) < 4.78 is 44.2. The molecule has 2 heterocycles. The van der Waals surface area contributed by atoms with E-state index in [0.29, 0.717) is 65.7 Å². The fourth-order valence-corrected chi connectivity index (χ4v) is 4.49. The molecular formula is C27H26F3N5O3. The van der Waals surface area contributed by atoms with Crippen molar-refractivity contribution in [3.63, 3.8) is 0 Å². The van der Waals surface area contributed by atoms with Crippen LogP contribution in [0.5, 0.6) is 0 Å². The van der Waals surface area contributed by atoms with E-state index in [-0.39, 0.29) is 19.1 Å².